The van der Waals surface area contributed by atoms with E-state index in [1.165, 1.54) is 0 Å². The fourth-order valence-corrected chi connectivity index (χ4v) is 1.87. The van der Waals surface area contributed by atoms with Crippen LogP contribution in [0.25, 0.3) is 0 Å². The smallest absolute Gasteiger partial charge is 0.234 e. The predicted molar refractivity (Wildman–Crippen MR) is 65.7 cm³/mol. The Hall–Kier alpha value is -0.940. The molecule has 0 bridgehead atoms. The quantitative estimate of drug-likeness (QED) is 0.792. The lowest BCUT2D eigenvalue weighted by Gasteiger charge is -2.24. The number of aromatic nitrogens is 2. The van der Waals surface area contributed by atoms with Crippen LogP contribution in [0, 0.1) is 0 Å². The van der Waals surface area contributed by atoms with Crippen LogP contribution in [0.5, 0.6) is 0 Å². The SMILES string of the molecule is CCOC(C)c1noc(C(CC)(CC)CN)n1. The molecule has 1 unspecified atom stereocenters. The van der Waals surface area contributed by atoms with Gasteiger partial charge < -0.3 is 15.0 Å². The first kappa shape index (κ1) is 14.1. The lowest BCUT2D eigenvalue weighted by atomic mass is 9.82. The molecule has 2 N–H and O–H groups in total. The van der Waals surface area contributed by atoms with Crippen LogP contribution in [0.4, 0.5) is 0 Å². The third-order valence-electron chi connectivity index (χ3n) is 3.42. The average molecular weight is 241 g/mol. The van der Waals surface area contributed by atoms with Crippen molar-refractivity contribution in [2.45, 2.75) is 52.1 Å². The molecule has 0 amide bonds. The van der Waals surface area contributed by atoms with E-state index in [4.69, 9.17) is 15.0 Å². The molecule has 1 aromatic rings. The molecule has 1 heterocycles. The molecule has 0 aliphatic rings. The third-order valence-corrected chi connectivity index (χ3v) is 3.42. The minimum absolute atomic E-state index is 0.137. The first-order valence-corrected chi connectivity index (χ1v) is 6.29. The van der Waals surface area contributed by atoms with Gasteiger partial charge in [-0.1, -0.05) is 19.0 Å². The van der Waals surface area contributed by atoms with Crippen LogP contribution in [-0.4, -0.2) is 23.3 Å². The van der Waals surface area contributed by atoms with Crippen molar-refractivity contribution in [1.82, 2.24) is 10.1 Å². The largest absolute Gasteiger partial charge is 0.371 e. The Bertz CT molecular complexity index is 326. The number of rotatable bonds is 7. The Balaban J connectivity index is 2.92. The molecule has 0 aliphatic heterocycles. The van der Waals surface area contributed by atoms with Gasteiger partial charge >= 0.3 is 0 Å². The van der Waals surface area contributed by atoms with Gasteiger partial charge in [0.1, 0.15) is 6.10 Å². The summed E-state index contributed by atoms with van der Waals surface area (Å²) in [6.45, 7) is 9.19. The van der Waals surface area contributed by atoms with E-state index in [-0.39, 0.29) is 11.5 Å². The van der Waals surface area contributed by atoms with Crippen LogP contribution < -0.4 is 5.73 Å². The van der Waals surface area contributed by atoms with Gasteiger partial charge in [-0.2, -0.15) is 4.98 Å². The first-order valence-electron chi connectivity index (χ1n) is 6.29. The zero-order chi connectivity index (χ0) is 12.9. The number of nitrogens with zero attached hydrogens (tertiary/aromatic N) is 2. The summed E-state index contributed by atoms with van der Waals surface area (Å²) in [6, 6.07) is 0. The van der Waals surface area contributed by atoms with Crippen LogP contribution in [0.2, 0.25) is 0 Å². The van der Waals surface area contributed by atoms with Crippen LogP contribution >= 0.6 is 0 Å². The summed E-state index contributed by atoms with van der Waals surface area (Å²) in [5.74, 6) is 1.23. The van der Waals surface area contributed by atoms with Crippen molar-refractivity contribution in [3.05, 3.63) is 11.7 Å². The summed E-state index contributed by atoms with van der Waals surface area (Å²) < 4.78 is 10.8. The Labute approximate surface area is 103 Å². The van der Waals surface area contributed by atoms with Crippen molar-refractivity contribution < 1.29 is 9.26 Å². The van der Waals surface area contributed by atoms with Gasteiger partial charge in [0.05, 0.1) is 5.41 Å². The van der Waals surface area contributed by atoms with E-state index in [0.717, 1.165) is 12.8 Å². The highest BCUT2D eigenvalue weighted by Gasteiger charge is 2.33. The van der Waals surface area contributed by atoms with E-state index in [0.29, 0.717) is 24.9 Å². The van der Waals surface area contributed by atoms with Crippen molar-refractivity contribution in [2.24, 2.45) is 5.73 Å². The maximum Gasteiger partial charge on any atom is 0.234 e. The van der Waals surface area contributed by atoms with Crippen molar-refractivity contribution in [2.75, 3.05) is 13.2 Å². The van der Waals surface area contributed by atoms with Gasteiger partial charge in [0.25, 0.3) is 0 Å². The van der Waals surface area contributed by atoms with Crippen LogP contribution in [0.3, 0.4) is 0 Å². The molecule has 1 atom stereocenters. The van der Waals surface area contributed by atoms with E-state index >= 15 is 0 Å². The summed E-state index contributed by atoms with van der Waals surface area (Å²) in [4.78, 5) is 4.43. The van der Waals surface area contributed by atoms with Gasteiger partial charge in [0.15, 0.2) is 5.82 Å². The number of hydrogen-bond donors (Lipinski definition) is 1. The highest BCUT2D eigenvalue weighted by atomic mass is 16.5. The molecule has 0 radical (unpaired) electrons. The van der Waals surface area contributed by atoms with Crippen molar-refractivity contribution >= 4 is 0 Å². The second-order valence-electron chi connectivity index (χ2n) is 4.25. The lowest BCUT2D eigenvalue weighted by Crippen LogP contribution is -2.34. The highest BCUT2D eigenvalue weighted by molar-refractivity contribution is 5.06. The first-order chi connectivity index (χ1) is 8.13. The van der Waals surface area contributed by atoms with E-state index in [2.05, 4.69) is 24.0 Å². The molecule has 0 aliphatic carbocycles. The summed E-state index contributed by atoms with van der Waals surface area (Å²) >= 11 is 0. The molecule has 5 heteroatoms. The van der Waals surface area contributed by atoms with Crippen molar-refractivity contribution in [3.63, 3.8) is 0 Å². The second-order valence-corrected chi connectivity index (χ2v) is 4.25. The molecule has 0 spiro atoms. The number of nitrogens with two attached hydrogens (primary N) is 1. The molecule has 5 nitrogen and oxygen atoms in total. The van der Waals surface area contributed by atoms with Gasteiger partial charge in [-0.15, -0.1) is 0 Å². The second kappa shape index (κ2) is 6.12. The minimum atomic E-state index is -0.197. The van der Waals surface area contributed by atoms with Gasteiger partial charge in [0.2, 0.25) is 5.89 Å². The van der Waals surface area contributed by atoms with Crippen LogP contribution in [0.15, 0.2) is 4.52 Å². The third kappa shape index (κ3) is 2.84. The monoisotopic (exact) mass is 241 g/mol. The molecule has 0 saturated carbocycles. The molecule has 0 aromatic carbocycles. The predicted octanol–water partition coefficient (Wildman–Crippen LogP) is 2.18. The summed E-state index contributed by atoms with van der Waals surface area (Å²) in [7, 11) is 0. The van der Waals surface area contributed by atoms with Crippen LogP contribution in [0.1, 0.15) is 58.4 Å². The minimum Gasteiger partial charge on any atom is -0.371 e. The highest BCUT2D eigenvalue weighted by Crippen LogP contribution is 2.30. The van der Waals surface area contributed by atoms with Gasteiger partial charge in [-0.25, -0.2) is 0 Å². The van der Waals surface area contributed by atoms with Crippen molar-refractivity contribution in [1.29, 1.82) is 0 Å². The van der Waals surface area contributed by atoms with E-state index in [1.807, 2.05) is 13.8 Å². The molecule has 0 saturated heterocycles. The standard InChI is InChI=1S/C12H23N3O2/c1-5-12(6-2,8-13)11-14-10(15-17-11)9(4)16-7-3/h9H,5-8,13H2,1-4H3. The van der Waals surface area contributed by atoms with Gasteiger partial charge in [-0.05, 0) is 26.7 Å². The van der Waals surface area contributed by atoms with Crippen molar-refractivity contribution in [3.8, 4) is 0 Å². The topological polar surface area (TPSA) is 74.2 Å². The van der Waals surface area contributed by atoms with Crippen LogP contribution in [-0.2, 0) is 10.2 Å². The molecular formula is C12H23N3O2. The summed E-state index contributed by atoms with van der Waals surface area (Å²) in [6.07, 6.45) is 1.65. The average Bonchev–Trinajstić information content (AvgIpc) is 2.83. The normalized spacial score (nSPS) is 13.9. The Morgan fingerprint density at radius 2 is 2.00 bits per heavy atom. The fraction of sp³-hybridized carbons (Fsp3) is 0.833. The molecular weight excluding hydrogens is 218 g/mol. The number of hydrogen-bond acceptors (Lipinski definition) is 5. The Morgan fingerprint density at radius 1 is 1.35 bits per heavy atom. The summed E-state index contributed by atoms with van der Waals surface area (Å²) in [5, 5.41) is 3.98. The van der Waals surface area contributed by atoms with E-state index in [1.54, 1.807) is 0 Å². The zero-order valence-corrected chi connectivity index (χ0v) is 11.2. The van der Waals surface area contributed by atoms with Gasteiger partial charge in [-0.3, -0.25) is 0 Å². The molecule has 0 fully saturated rings. The fourth-order valence-electron chi connectivity index (χ4n) is 1.87. The molecule has 1 aromatic heterocycles. The summed E-state index contributed by atoms with van der Waals surface area (Å²) in [5.41, 5.74) is 5.65. The maximum atomic E-state index is 5.85. The Morgan fingerprint density at radius 3 is 2.47 bits per heavy atom. The maximum absolute atomic E-state index is 5.85. The molecule has 98 valence electrons. The van der Waals surface area contributed by atoms with E-state index in [9.17, 15) is 0 Å². The molecule has 1 rings (SSSR count). The van der Waals surface area contributed by atoms with E-state index < -0.39 is 0 Å². The lowest BCUT2D eigenvalue weighted by molar-refractivity contribution is 0.0683. The zero-order valence-electron chi connectivity index (χ0n) is 11.2. The Kier molecular flexibility index (Phi) is 5.08. The number of ether oxygens (including phenoxy) is 1. The molecule has 17 heavy (non-hydrogen) atoms. The van der Waals surface area contributed by atoms with Gasteiger partial charge in [0, 0.05) is 13.2 Å².